The van der Waals surface area contributed by atoms with E-state index in [1.807, 2.05) is 46.8 Å². The molecule has 0 spiro atoms. The van der Waals surface area contributed by atoms with Gasteiger partial charge in [-0.25, -0.2) is 8.42 Å². The maximum atomic E-state index is 12.8. The van der Waals surface area contributed by atoms with Crippen LogP contribution in [0.2, 0.25) is 10.0 Å². The maximum Gasteiger partial charge on any atom is 0.494 e. The lowest BCUT2D eigenvalue weighted by Crippen LogP contribution is -2.41. The first-order valence-corrected chi connectivity index (χ1v) is 11.0. The minimum absolute atomic E-state index is 0.0299. The van der Waals surface area contributed by atoms with E-state index in [-0.39, 0.29) is 9.92 Å². The van der Waals surface area contributed by atoms with Crippen LogP contribution in [0.5, 0.6) is 0 Å². The highest BCUT2D eigenvalue weighted by Crippen LogP contribution is 2.36. The maximum absolute atomic E-state index is 12.8. The van der Waals surface area contributed by atoms with Crippen LogP contribution in [0.1, 0.15) is 33.3 Å². The van der Waals surface area contributed by atoms with Crippen molar-refractivity contribution in [2.24, 2.45) is 0 Å². The van der Waals surface area contributed by atoms with Crippen molar-refractivity contribution in [3.8, 4) is 0 Å². The number of hydrogen-bond acceptors (Lipinski definition) is 4. The van der Waals surface area contributed by atoms with Gasteiger partial charge in [-0.3, -0.25) is 4.72 Å². The van der Waals surface area contributed by atoms with Crippen molar-refractivity contribution in [3.63, 3.8) is 0 Å². The highest BCUT2D eigenvalue weighted by molar-refractivity contribution is 7.92. The lowest BCUT2D eigenvalue weighted by molar-refractivity contribution is 0.00578. The van der Waals surface area contributed by atoms with Crippen LogP contribution in [-0.2, 0) is 19.3 Å². The van der Waals surface area contributed by atoms with Crippen molar-refractivity contribution in [3.05, 3.63) is 52.0 Å². The number of halogens is 2. The lowest BCUT2D eigenvalue weighted by atomic mass is 9.78. The summed E-state index contributed by atoms with van der Waals surface area (Å²) in [7, 11) is -4.42. The van der Waals surface area contributed by atoms with E-state index in [2.05, 4.69) is 4.72 Å². The highest BCUT2D eigenvalue weighted by atomic mass is 35.5. The molecule has 3 rings (SSSR count). The summed E-state index contributed by atoms with van der Waals surface area (Å²) in [5.74, 6) is 0. The Kier molecular flexibility index (Phi) is 5.53. The van der Waals surface area contributed by atoms with Crippen LogP contribution in [0, 0.1) is 6.92 Å². The van der Waals surface area contributed by atoms with Gasteiger partial charge in [0.05, 0.1) is 31.8 Å². The average molecular weight is 442 g/mol. The Hall–Kier alpha value is -1.25. The molecule has 1 aliphatic rings. The second-order valence-electron chi connectivity index (χ2n) is 7.84. The normalized spacial score (nSPS) is 18.3. The molecule has 9 heteroatoms. The Bertz CT molecular complexity index is 1010. The molecule has 5 nitrogen and oxygen atoms in total. The van der Waals surface area contributed by atoms with Gasteiger partial charge in [0.2, 0.25) is 0 Å². The first-order chi connectivity index (χ1) is 12.8. The third kappa shape index (κ3) is 4.05. The van der Waals surface area contributed by atoms with Gasteiger partial charge in [0, 0.05) is 0 Å². The Morgan fingerprint density at radius 1 is 0.929 bits per heavy atom. The van der Waals surface area contributed by atoms with Crippen molar-refractivity contribution >= 4 is 51.5 Å². The molecule has 0 bridgehead atoms. The van der Waals surface area contributed by atoms with Gasteiger partial charge in [0.1, 0.15) is 0 Å². The summed E-state index contributed by atoms with van der Waals surface area (Å²) in [6.07, 6.45) is 0. The van der Waals surface area contributed by atoms with Crippen LogP contribution in [0.25, 0.3) is 0 Å². The van der Waals surface area contributed by atoms with Gasteiger partial charge in [-0.2, -0.15) is 0 Å². The second-order valence-corrected chi connectivity index (χ2v) is 10.3. The number of aryl methyl sites for hydroxylation is 1. The van der Waals surface area contributed by atoms with Crippen LogP contribution in [0.4, 0.5) is 5.69 Å². The van der Waals surface area contributed by atoms with Gasteiger partial charge in [-0.05, 0) is 69.9 Å². The van der Waals surface area contributed by atoms with Gasteiger partial charge in [-0.1, -0.05) is 35.3 Å². The number of rotatable bonds is 4. The fourth-order valence-electron chi connectivity index (χ4n) is 2.72. The molecule has 1 N–H and O–H groups in total. The SMILES string of the molecule is Cc1ccc(B2OC(C)(C)C(C)(C)O2)cc1NS(=O)(=O)c1ccc(Cl)c(Cl)c1. The zero-order valence-electron chi connectivity index (χ0n) is 16.3. The first kappa shape index (κ1) is 21.5. The second kappa shape index (κ2) is 7.22. The summed E-state index contributed by atoms with van der Waals surface area (Å²) in [5, 5.41) is 0.465. The van der Waals surface area contributed by atoms with Gasteiger partial charge in [0.15, 0.2) is 0 Å². The van der Waals surface area contributed by atoms with Crippen LogP contribution in [-0.4, -0.2) is 26.7 Å². The molecule has 28 heavy (non-hydrogen) atoms. The van der Waals surface area contributed by atoms with E-state index in [9.17, 15) is 8.42 Å². The van der Waals surface area contributed by atoms with Crippen LogP contribution in [0.15, 0.2) is 41.3 Å². The average Bonchev–Trinajstić information content (AvgIpc) is 2.79. The van der Waals surface area contributed by atoms with Crippen molar-refractivity contribution in [1.82, 2.24) is 0 Å². The van der Waals surface area contributed by atoms with Gasteiger partial charge < -0.3 is 9.31 Å². The molecule has 2 aromatic carbocycles. The molecule has 1 fully saturated rings. The molecule has 0 atom stereocenters. The molecule has 0 aromatic heterocycles. The fraction of sp³-hybridized carbons (Fsp3) is 0.368. The lowest BCUT2D eigenvalue weighted by Gasteiger charge is -2.32. The van der Waals surface area contributed by atoms with Crippen LogP contribution in [0.3, 0.4) is 0 Å². The quantitative estimate of drug-likeness (QED) is 0.714. The molecule has 0 radical (unpaired) electrons. The third-order valence-electron chi connectivity index (χ3n) is 5.23. The molecule has 0 saturated carbocycles. The van der Waals surface area contributed by atoms with Crippen LogP contribution < -0.4 is 10.2 Å². The summed E-state index contributed by atoms with van der Waals surface area (Å²) < 4.78 is 40.3. The van der Waals surface area contributed by atoms with Crippen molar-refractivity contribution < 1.29 is 17.7 Å². The molecule has 1 aliphatic heterocycles. The molecule has 0 unspecified atom stereocenters. The molecule has 0 aliphatic carbocycles. The molecular weight excluding hydrogens is 420 g/mol. The number of anilines is 1. The molecule has 2 aromatic rings. The Morgan fingerprint density at radius 3 is 2.11 bits per heavy atom. The zero-order chi connectivity index (χ0) is 20.9. The number of benzene rings is 2. The third-order valence-corrected chi connectivity index (χ3v) is 7.33. The first-order valence-electron chi connectivity index (χ1n) is 8.76. The number of hydrogen-bond donors (Lipinski definition) is 1. The Morgan fingerprint density at radius 2 is 1.54 bits per heavy atom. The van der Waals surface area contributed by atoms with E-state index < -0.39 is 28.3 Å². The van der Waals surface area contributed by atoms with E-state index in [0.29, 0.717) is 10.7 Å². The monoisotopic (exact) mass is 441 g/mol. The minimum atomic E-state index is -3.84. The van der Waals surface area contributed by atoms with E-state index >= 15 is 0 Å². The van der Waals surface area contributed by atoms with Gasteiger partial charge >= 0.3 is 7.12 Å². The number of sulfonamides is 1. The summed E-state index contributed by atoms with van der Waals surface area (Å²) in [5.41, 5.74) is 0.975. The highest BCUT2D eigenvalue weighted by Gasteiger charge is 2.51. The predicted molar refractivity (Wildman–Crippen MR) is 114 cm³/mol. The van der Waals surface area contributed by atoms with Crippen molar-refractivity contribution in [1.29, 1.82) is 0 Å². The Balaban J connectivity index is 1.91. The molecule has 1 heterocycles. The Labute approximate surface area is 176 Å². The molecule has 0 amide bonds. The van der Waals surface area contributed by atoms with E-state index in [0.717, 1.165) is 11.0 Å². The summed E-state index contributed by atoms with van der Waals surface area (Å²) in [6.45, 7) is 9.69. The summed E-state index contributed by atoms with van der Waals surface area (Å²) in [4.78, 5) is 0.0299. The van der Waals surface area contributed by atoms with E-state index in [1.54, 1.807) is 6.07 Å². The van der Waals surface area contributed by atoms with E-state index in [1.165, 1.54) is 18.2 Å². The molecular formula is C19H22BCl2NO4S. The summed E-state index contributed by atoms with van der Waals surface area (Å²) >= 11 is 11.8. The predicted octanol–water partition coefficient (Wildman–Crippen LogP) is 4.40. The minimum Gasteiger partial charge on any atom is -0.399 e. The van der Waals surface area contributed by atoms with Crippen molar-refractivity contribution in [2.45, 2.75) is 50.7 Å². The largest absolute Gasteiger partial charge is 0.494 e. The number of nitrogens with one attached hydrogen (secondary N) is 1. The summed E-state index contributed by atoms with van der Waals surface area (Å²) in [6, 6.07) is 9.60. The van der Waals surface area contributed by atoms with Crippen molar-refractivity contribution in [2.75, 3.05) is 4.72 Å². The molecule has 1 saturated heterocycles. The van der Waals surface area contributed by atoms with Gasteiger partial charge in [-0.15, -0.1) is 0 Å². The van der Waals surface area contributed by atoms with E-state index in [4.69, 9.17) is 32.5 Å². The smallest absolute Gasteiger partial charge is 0.399 e. The fourth-order valence-corrected chi connectivity index (χ4v) is 4.23. The molecule has 150 valence electrons. The topological polar surface area (TPSA) is 64.6 Å². The van der Waals surface area contributed by atoms with Gasteiger partial charge in [0.25, 0.3) is 10.0 Å². The van der Waals surface area contributed by atoms with Crippen LogP contribution >= 0.6 is 23.2 Å². The standard InChI is InChI=1S/C19H22BCl2NO4S/c1-12-6-7-13(20-26-18(2,3)19(4,5)27-20)10-17(12)23-28(24,25)14-8-9-15(21)16(22)11-14/h6-11,23H,1-5H3. The zero-order valence-corrected chi connectivity index (χ0v) is 18.7.